The van der Waals surface area contributed by atoms with Gasteiger partial charge in [0.25, 0.3) is 0 Å². The van der Waals surface area contributed by atoms with E-state index in [1.54, 1.807) is 0 Å². The number of carbonyl (C=O) groups excluding carboxylic acids is 4. The second-order valence-corrected chi connectivity index (χ2v) is 33.4. The lowest BCUT2D eigenvalue weighted by Gasteiger charge is -2.21. The van der Waals surface area contributed by atoms with E-state index in [1.807, 2.05) is 0 Å². The first-order valence-electron chi connectivity index (χ1n) is 41.2. The average Bonchev–Trinajstić information content (AvgIpc) is 3.14. The van der Waals surface area contributed by atoms with E-state index in [9.17, 15) is 43.2 Å². The third-order valence-corrected chi connectivity index (χ3v) is 20.8. The summed E-state index contributed by atoms with van der Waals surface area (Å²) in [6, 6.07) is 0. The Morgan fingerprint density at radius 2 is 0.485 bits per heavy atom. The molecule has 6 atom stereocenters. The molecule has 0 aromatic heterocycles. The Labute approximate surface area is 607 Å². The van der Waals surface area contributed by atoms with Gasteiger partial charge in [0.1, 0.15) is 19.3 Å². The summed E-state index contributed by atoms with van der Waals surface area (Å²) >= 11 is 0. The van der Waals surface area contributed by atoms with Crippen LogP contribution in [0.1, 0.15) is 409 Å². The molecule has 99 heavy (non-hydrogen) atoms. The van der Waals surface area contributed by atoms with Crippen molar-refractivity contribution in [3.8, 4) is 0 Å². The molecule has 0 rings (SSSR count). The lowest BCUT2D eigenvalue weighted by Crippen LogP contribution is -2.30. The SMILES string of the molecule is CCC(C)CCCCCCCCC(=O)OC[C@H](COP(=O)(O)OC[C@H](O)COP(=O)(O)OC[C@@H](COC(=O)CCCCCCCCCCCCCCCCC(C)C)OC(=O)CCCCCCCCCCCCCCCCCCCCC(C)C)OC(=O)CCCCCCCCCCC(C)C. The first-order chi connectivity index (χ1) is 47.6. The number of hydrogen-bond donors (Lipinski definition) is 3. The van der Waals surface area contributed by atoms with Crippen LogP contribution in [0.4, 0.5) is 0 Å². The molecule has 0 amide bonds. The molecule has 0 heterocycles. The van der Waals surface area contributed by atoms with Crippen LogP contribution in [0.15, 0.2) is 0 Å². The van der Waals surface area contributed by atoms with Crippen molar-refractivity contribution in [3.05, 3.63) is 0 Å². The lowest BCUT2D eigenvalue weighted by molar-refractivity contribution is -0.161. The molecule has 0 aliphatic heterocycles. The summed E-state index contributed by atoms with van der Waals surface area (Å²) in [4.78, 5) is 72.9. The molecule has 0 saturated heterocycles. The maximum atomic E-state index is 13.1. The third-order valence-electron chi connectivity index (χ3n) is 18.9. The first-order valence-corrected chi connectivity index (χ1v) is 44.2. The maximum Gasteiger partial charge on any atom is 0.472 e. The van der Waals surface area contributed by atoms with Crippen molar-refractivity contribution < 1.29 is 80.2 Å². The number of unbranched alkanes of at least 4 members (excludes halogenated alkanes) is 42. The fourth-order valence-corrected chi connectivity index (χ4v) is 13.8. The molecule has 0 aliphatic rings. The summed E-state index contributed by atoms with van der Waals surface area (Å²) in [5.41, 5.74) is 0. The van der Waals surface area contributed by atoms with Gasteiger partial charge in [-0.1, -0.05) is 357 Å². The molecule has 0 fully saturated rings. The highest BCUT2D eigenvalue weighted by molar-refractivity contribution is 7.47. The zero-order valence-corrected chi connectivity index (χ0v) is 66.9. The van der Waals surface area contributed by atoms with Crippen LogP contribution in [0.5, 0.6) is 0 Å². The van der Waals surface area contributed by atoms with Crippen molar-refractivity contribution >= 4 is 39.5 Å². The predicted molar refractivity (Wildman–Crippen MR) is 404 cm³/mol. The van der Waals surface area contributed by atoms with Crippen LogP contribution < -0.4 is 0 Å². The zero-order chi connectivity index (χ0) is 73.1. The Morgan fingerprint density at radius 3 is 0.717 bits per heavy atom. The fourth-order valence-electron chi connectivity index (χ4n) is 12.2. The van der Waals surface area contributed by atoms with E-state index in [0.717, 1.165) is 120 Å². The summed E-state index contributed by atoms with van der Waals surface area (Å²) < 4.78 is 68.6. The van der Waals surface area contributed by atoms with E-state index in [-0.39, 0.29) is 25.7 Å². The van der Waals surface area contributed by atoms with Crippen LogP contribution >= 0.6 is 15.6 Å². The molecular weight excluding hydrogens is 1290 g/mol. The van der Waals surface area contributed by atoms with Gasteiger partial charge in [0, 0.05) is 25.7 Å². The van der Waals surface area contributed by atoms with Crippen LogP contribution in [0.3, 0.4) is 0 Å². The summed E-state index contributed by atoms with van der Waals surface area (Å²) in [5.74, 6) is 0.950. The molecule has 17 nitrogen and oxygen atoms in total. The molecule has 0 aromatic carbocycles. The van der Waals surface area contributed by atoms with E-state index in [1.165, 1.54) is 205 Å². The number of hydrogen-bond acceptors (Lipinski definition) is 15. The Morgan fingerprint density at radius 1 is 0.283 bits per heavy atom. The summed E-state index contributed by atoms with van der Waals surface area (Å²) in [5, 5.41) is 10.6. The Hall–Kier alpha value is -1.94. The fraction of sp³-hybridized carbons (Fsp3) is 0.950. The molecule has 0 aliphatic carbocycles. The number of esters is 4. The molecule has 3 unspecified atom stereocenters. The minimum atomic E-state index is -4.96. The highest BCUT2D eigenvalue weighted by Crippen LogP contribution is 2.45. The zero-order valence-electron chi connectivity index (χ0n) is 65.1. The number of carbonyl (C=O) groups is 4. The molecule has 0 saturated carbocycles. The van der Waals surface area contributed by atoms with Gasteiger partial charge in [-0.25, -0.2) is 9.13 Å². The second-order valence-electron chi connectivity index (χ2n) is 30.5. The van der Waals surface area contributed by atoms with Gasteiger partial charge >= 0.3 is 39.5 Å². The third kappa shape index (κ3) is 72.8. The minimum Gasteiger partial charge on any atom is -0.462 e. The van der Waals surface area contributed by atoms with Crippen LogP contribution in [0, 0.1) is 23.7 Å². The van der Waals surface area contributed by atoms with E-state index >= 15 is 0 Å². The molecular formula is C80H156O17P2. The maximum absolute atomic E-state index is 13.1. The van der Waals surface area contributed by atoms with Gasteiger partial charge < -0.3 is 33.8 Å². The van der Waals surface area contributed by atoms with Crippen molar-refractivity contribution in [3.63, 3.8) is 0 Å². The summed E-state index contributed by atoms with van der Waals surface area (Å²) in [6.07, 6.45) is 55.7. The summed E-state index contributed by atoms with van der Waals surface area (Å²) in [7, 11) is -9.92. The molecule has 19 heteroatoms. The van der Waals surface area contributed by atoms with Crippen molar-refractivity contribution in [2.75, 3.05) is 39.6 Å². The van der Waals surface area contributed by atoms with Gasteiger partial charge in [0.2, 0.25) is 0 Å². The monoisotopic (exact) mass is 1450 g/mol. The topological polar surface area (TPSA) is 237 Å². The van der Waals surface area contributed by atoms with Gasteiger partial charge in [0.05, 0.1) is 26.4 Å². The van der Waals surface area contributed by atoms with Gasteiger partial charge in [-0.05, 0) is 49.4 Å². The molecule has 0 bridgehead atoms. The van der Waals surface area contributed by atoms with Gasteiger partial charge in [-0.3, -0.25) is 37.3 Å². The molecule has 3 N–H and O–H groups in total. The number of aliphatic hydroxyl groups is 1. The number of phosphoric ester groups is 2. The predicted octanol–water partition coefficient (Wildman–Crippen LogP) is 23.6. The van der Waals surface area contributed by atoms with Crippen LogP contribution in [-0.4, -0.2) is 96.7 Å². The Bertz CT molecular complexity index is 1940. The van der Waals surface area contributed by atoms with Gasteiger partial charge in [-0.2, -0.15) is 0 Å². The number of ether oxygens (including phenoxy) is 4. The first kappa shape index (κ1) is 97.1. The second kappa shape index (κ2) is 69.1. The van der Waals surface area contributed by atoms with E-state index < -0.39 is 97.5 Å². The molecule has 0 aromatic rings. The van der Waals surface area contributed by atoms with E-state index in [2.05, 4.69) is 55.4 Å². The standard InChI is InChI=1S/C80H156O17P2/c1-9-73(8)59-51-43-38-39-45-53-61-78(83)91-67-76(97-80(85)63-55-47-37-31-30-34-42-50-58-72(6)7)69-95-99(88,89)93-65-74(81)64-92-98(86,87)94-68-75(66-90-77(82)60-52-44-35-28-24-20-17-16-19-23-27-33-41-49-57-71(4)5)96-79(84)62-54-46-36-29-25-21-15-13-11-10-12-14-18-22-26-32-40-48-56-70(2)3/h70-76,81H,9-69H2,1-8H3,(H,86,87)(H,88,89)/t73?,74-,75-,76-/m1/s1. The molecule has 588 valence electrons. The quantitative estimate of drug-likeness (QED) is 0.0222. The highest BCUT2D eigenvalue weighted by Gasteiger charge is 2.30. The minimum absolute atomic E-state index is 0.103. The van der Waals surface area contributed by atoms with Crippen LogP contribution in [0.2, 0.25) is 0 Å². The average molecular weight is 1450 g/mol. The summed E-state index contributed by atoms with van der Waals surface area (Å²) in [6.45, 7) is 14.2. The largest absolute Gasteiger partial charge is 0.472 e. The van der Waals surface area contributed by atoms with Crippen molar-refractivity contribution in [2.45, 2.75) is 427 Å². The van der Waals surface area contributed by atoms with Crippen molar-refractivity contribution in [1.29, 1.82) is 0 Å². The molecule has 0 spiro atoms. The molecule has 0 radical (unpaired) electrons. The van der Waals surface area contributed by atoms with Gasteiger partial charge in [-0.15, -0.1) is 0 Å². The van der Waals surface area contributed by atoms with Crippen LogP contribution in [-0.2, 0) is 65.4 Å². The van der Waals surface area contributed by atoms with Crippen molar-refractivity contribution in [2.24, 2.45) is 23.7 Å². The van der Waals surface area contributed by atoms with E-state index in [0.29, 0.717) is 25.7 Å². The number of phosphoric acid groups is 2. The van der Waals surface area contributed by atoms with E-state index in [4.69, 9.17) is 37.0 Å². The van der Waals surface area contributed by atoms with Crippen LogP contribution in [0.25, 0.3) is 0 Å². The Kier molecular flexibility index (Phi) is 67.8. The highest BCUT2D eigenvalue weighted by atomic mass is 31.2. The smallest absolute Gasteiger partial charge is 0.462 e. The normalized spacial score (nSPS) is 14.3. The van der Waals surface area contributed by atoms with Gasteiger partial charge in [0.15, 0.2) is 12.2 Å². The number of aliphatic hydroxyl groups excluding tert-OH is 1. The number of rotatable bonds is 77. The lowest BCUT2D eigenvalue weighted by atomic mass is 10.00. The van der Waals surface area contributed by atoms with Crippen molar-refractivity contribution in [1.82, 2.24) is 0 Å². The Balaban J connectivity index is 5.22.